The van der Waals surface area contributed by atoms with E-state index >= 15 is 0 Å². The lowest BCUT2D eigenvalue weighted by Crippen LogP contribution is -2.60. The van der Waals surface area contributed by atoms with Gasteiger partial charge in [-0.1, -0.05) is 12.8 Å². The predicted octanol–water partition coefficient (Wildman–Crippen LogP) is 3.50. The molecule has 33 heavy (non-hydrogen) atoms. The number of ketones is 2. The molecule has 3 saturated carbocycles. The quantitative estimate of drug-likeness (QED) is 0.380. The molecule has 0 bridgehead atoms. The fourth-order valence-corrected chi connectivity index (χ4v) is 6.69. The number of carbonyl (C=O) groups is 3. The summed E-state index contributed by atoms with van der Waals surface area (Å²) < 4.78 is 21.5. The lowest BCUT2D eigenvalue weighted by molar-refractivity contribution is -0.185. The molecule has 3 fully saturated rings. The topological polar surface area (TPSA) is 92.0 Å². The first-order chi connectivity index (χ1) is 15.8. The second kappa shape index (κ2) is 9.44. The Morgan fingerprint density at radius 1 is 1.27 bits per heavy atom. The van der Waals surface area contributed by atoms with Crippen molar-refractivity contribution in [3.63, 3.8) is 0 Å². The van der Waals surface area contributed by atoms with E-state index in [0.717, 1.165) is 5.56 Å². The van der Waals surface area contributed by atoms with Gasteiger partial charge in [-0.3, -0.25) is 14.4 Å². The highest BCUT2D eigenvalue weighted by molar-refractivity contribution is 5.92. The van der Waals surface area contributed by atoms with E-state index in [1.54, 1.807) is 13.2 Å². The fraction of sp³-hybridized carbons (Fsp3) is 0.654. The standard InChI is InChI=1S/C26H32O7/c1-5-6-21-16(8-10-32-21)15-11-18-17(20(27)12-15)7-9-26(2)19(25(29)31-4)13-22(33-14-30-3)24(28)23(18)26/h8,10,15,17-19,22-23H,7,9,11-14H2,1-4H3. The molecule has 3 aliphatic rings. The van der Waals surface area contributed by atoms with Crippen molar-refractivity contribution in [2.24, 2.45) is 29.1 Å². The summed E-state index contributed by atoms with van der Waals surface area (Å²) >= 11 is 0. The van der Waals surface area contributed by atoms with Crippen molar-refractivity contribution in [3.8, 4) is 11.8 Å². The first kappa shape index (κ1) is 23.7. The first-order valence-electron chi connectivity index (χ1n) is 11.6. The van der Waals surface area contributed by atoms with Crippen LogP contribution in [0.4, 0.5) is 0 Å². The average molecular weight is 457 g/mol. The van der Waals surface area contributed by atoms with E-state index in [-0.39, 0.29) is 48.5 Å². The maximum atomic E-state index is 13.8. The molecule has 3 aliphatic carbocycles. The molecule has 7 nitrogen and oxygen atoms in total. The van der Waals surface area contributed by atoms with Gasteiger partial charge in [0.1, 0.15) is 18.7 Å². The van der Waals surface area contributed by atoms with Gasteiger partial charge in [-0.25, -0.2) is 0 Å². The van der Waals surface area contributed by atoms with E-state index in [4.69, 9.17) is 18.6 Å². The molecular formula is C26H32O7. The van der Waals surface area contributed by atoms with Crippen molar-refractivity contribution in [1.82, 2.24) is 0 Å². The molecule has 1 aromatic heterocycles. The fourth-order valence-electron chi connectivity index (χ4n) is 6.69. The van der Waals surface area contributed by atoms with Gasteiger partial charge in [-0.15, -0.1) is 0 Å². The molecule has 0 aliphatic heterocycles. The monoisotopic (exact) mass is 456 g/mol. The average Bonchev–Trinajstić information content (AvgIpc) is 3.26. The third-order valence-electron chi connectivity index (χ3n) is 8.18. The molecule has 0 saturated heterocycles. The molecule has 1 aromatic rings. The molecule has 4 rings (SSSR count). The van der Waals surface area contributed by atoms with Gasteiger partial charge >= 0.3 is 5.97 Å². The first-order valence-corrected chi connectivity index (χ1v) is 11.6. The Morgan fingerprint density at radius 2 is 2.06 bits per heavy atom. The third kappa shape index (κ3) is 4.04. The number of methoxy groups -OCH3 is 2. The van der Waals surface area contributed by atoms with Crippen LogP contribution >= 0.6 is 0 Å². The number of furan rings is 1. The van der Waals surface area contributed by atoms with Crippen LogP contribution in [0.5, 0.6) is 0 Å². The Balaban J connectivity index is 1.72. The summed E-state index contributed by atoms with van der Waals surface area (Å²) in [6.45, 7) is 3.73. The zero-order valence-electron chi connectivity index (χ0n) is 19.7. The normalized spacial score (nSPS) is 35.8. The second-order valence-corrected chi connectivity index (χ2v) is 9.75. The second-order valence-electron chi connectivity index (χ2n) is 9.75. The summed E-state index contributed by atoms with van der Waals surface area (Å²) in [5, 5.41) is 0. The SMILES string of the molecule is CC#Cc1occc1C1CC(=O)C2CCC3(C)C(C(=O)OC)CC(OCOC)C(=O)C3C2C1. The van der Waals surface area contributed by atoms with Crippen LogP contribution in [0, 0.1) is 40.9 Å². The van der Waals surface area contributed by atoms with Crippen molar-refractivity contribution in [2.75, 3.05) is 21.0 Å². The van der Waals surface area contributed by atoms with E-state index in [1.165, 1.54) is 14.2 Å². The van der Waals surface area contributed by atoms with E-state index < -0.39 is 23.4 Å². The van der Waals surface area contributed by atoms with Gasteiger partial charge in [0, 0.05) is 30.9 Å². The number of carbonyl (C=O) groups excluding carboxylic acids is 3. The van der Waals surface area contributed by atoms with E-state index in [2.05, 4.69) is 11.8 Å². The number of hydrogen-bond donors (Lipinski definition) is 0. The van der Waals surface area contributed by atoms with Crippen LogP contribution in [0.25, 0.3) is 0 Å². The number of fused-ring (bicyclic) bond motifs is 3. The van der Waals surface area contributed by atoms with Gasteiger partial charge in [0.15, 0.2) is 11.5 Å². The third-order valence-corrected chi connectivity index (χ3v) is 8.18. The van der Waals surface area contributed by atoms with Crippen molar-refractivity contribution in [3.05, 3.63) is 23.7 Å². The summed E-state index contributed by atoms with van der Waals surface area (Å²) in [4.78, 5) is 39.9. The van der Waals surface area contributed by atoms with Crippen molar-refractivity contribution < 1.29 is 33.0 Å². The highest BCUT2D eigenvalue weighted by atomic mass is 16.7. The molecule has 0 amide bonds. The number of Topliss-reactive ketones (excluding diaryl/α,β-unsaturated/α-hetero) is 2. The summed E-state index contributed by atoms with van der Waals surface area (Å²) in [5.41, 5.74) is 0.339. The van der Waals surface area contributed by atoms with Crippen LogP contribution in [0.3, 0.4) is 0 Å². The Bertz CT molecular complexity index is 982. The van der Waals surface area contributed by atoms with Crippen LogP contribution < -0.4 is 0 Å². The molecule has 7 atom stereocenters. The summed E-state index contributed by atoms with van der Waals surface area (Å²) in [6.07, 6.45) is 3.53. The Kier molecular flexibility index (Phi) is 6.78. The lowest BCUT2D eigenvalue weighted by Gasteiger charge is -2.56. The molecule has 178 valence electrons. The van der Waals surface area contributed by atoms with Gasteiger partial charge in [0.05, 0.1) is 19.3 Å². The van der Waals surface area contributed by atoms with Gasteiger partial charge in [0.25, 0.3) is 0 Å². The van der Waals surface area contributed by atoms with E-state index in [1.807, 2.05) is 13.0 Å². The highest BCUT2D eigenvalue weighted by Crippen LogP contribution is 2.60. The lowest BCUT2D eigenvalue weighted by atomic mass is 9.46. The van der Waals surface area contributed by atoms with Gasteiger partial charge < -0.3 is 18.6 Å². The molecule has 0 spiro atoms. The number of esters is 1. The minimum absolute atomic E-state index is 0.0291. The molecule has 1 heterocycles. The van der Waals surface area contributed by atoms with E-state index in [9.17, 15) is 14.4 Å². The summed E-state index contributed by atoms with van der Waals surface area (Å²) in [5.74, 6) is 4.89. The molecule has 7 unspecified atom stereocenters. The highest BCUT2D eigenvalue weighted by Gasteiger charge is 2.62. The molecule has 0 N–H and O–H groups in total. The zero-order chi connectivity index (χ0) is 23.8. The van der Waals surface area contributed by atoms with Crippen LogP contribution in [0.15, 0.2) is 16.7 Å². The summed E-state index contributed by atoms with van der Waals surface area (Å²) in [6, 6.07) is 1.88. The minimum Gasteiger partial charge on any atom is -0.469 e. The maximum absolute atomic E-state index is 13.8. The van der Waals surface area contributed by atoms with Crippen LogP contribution in [0.2, 0.25) is 0 Å². The summed E-state index contributed by atoms with van der Waals surface area (Å²) in [7, 11) is 2.88. The Labute approximate surface area is 194 Å². The number of hydrogen-bond acceptors (Lipinski definition) is 7. The van der Waals surface area contributed by atoms with Gasteiger partial charge in [0.2, 0.25) is 0 Å². The number of rotatable bonds is 5. The van der Waals surface area contributed by atoms with Crippen LogP contribution in [0.1, 0.15) is 63.2 Å². The largest absolute Gasteiger partial charge is 0.469 e. The van der Waals surface area contributed by atoms with E-state index in [0.29, 0.717) is 31.4 Å². The molecule has 7 heteroatoms. The van der Waals surface area contributed by atoms with Crippen LogP contribution in [-0.2, 0) is 28.6 Å². The van der Waals surface area contributed by atoms with Crippen molar-refractivity contribution in [2.45, 2.75) is 58.0 Å². The van der Waals surface area contributed by atoms with Gasteiger partial charge in [-0.2, -0.15) is 0 Å². The Hall–Kier alpha value is -2.43. The van der Waals surface area contributed by atoms with Crippen LogP contribution in [-0.4, -0.2) is 44.7 Å². The molecule has 0 radical (unpaired) electrons. The van der Waals surface area contributed by atoms with Crippen molar-refractivity contribution in [1.29, 1.82) is 0 Å². The maximum Gasteiger partial charge on any atom is 0.309 e. The number of ether oxygens (including phenoxy) is 3. The smallest absolute Gasteiger partial charge is 0.309 e. The van der Waals surface area contributed by atoms with Gasteiger partial charge in [-0.05, 0) is 61.8 Å². The van der Waals surface area contributed by atoms with Crippen molar-refractivity contribution >= 4 is 17.5 Å². The minimum atomic E-state index is -0.753. The predicted molar refractivity (Wildman–Crippen MR) is 118 cm³/mol. The Morgan fingerprint density at radius 3 is 2.76 bits per heavy atom. The molecular weight excluding hydrogens is 424 g/mol. The zero-order valence-corrected chi connectivity index (χ0v) is 19.7. The molecule has 0 aromatic carbocycles.